The molecule has 0 spiro atoms. The molecule has 0 saturated carbocycles. The first-order valence-corrected chi connectivity index (χ1v) is 8.12. The molecule has 0 fully saturated rings. The molecule has 0 aliphatic heterocycles. The van der Waals surface area contributed by atoms with Crippen molar-refractivity contribution in [3.63, 3.8) is 0 Å². The van der Waals surface area contributed by atoms with Crippen molar-refractivity contribution >= 4 is 22.9 Å². The van der Waals surface area contributed by atoms with Gasteiger partial charge in [-0.25, -0.2) is 0 Å². The molecule has 0 saturated heterocycles. The minimum atomic E-state index is -0.146. The summed E-state index contributed by atoms with van der Waals surface area (Å²) in [6.45, 7) is 1.96. The van der Waals surface area contributed by atoms with Gasteiger partial charge in [-0.2, -0.15) is 0 Å². The van der Waals surface area contributed by atoms with Gasteiger partial charge in [0.25, 0.3) is 0 Å². The number of hydrogen-bond acceptors (Lipinski definition) is 3. The normalized spacial score (nSPS) is 16.8. The van der Waals surface area contributed by atoms with Crippen LogP contribution in [0.2, 0.25) is 4.34 Å². The summed E-state index contributed by atoms with van der Waals surface area (Å²) in [5.41, 5.74) is 8.94. The minimum absolute atomic E-state index is 0.0852. The van der Waals surface area contributed by atoms with Gasteiger partial charge >= 0.3 is 0 Å². The Morgan fingerprint density at radius 2 is 2.00 bits per heavy atom. The van der Waals surface area contributed by atoms with Gasteiger partial charge in [0.05, 0.1) is 4.34 Å². The van der Waals surface area contributed by atoms with Crippen molar-refractivity contribution in [1.29, 1.82) is 0 Å². The van der Waals surface area contributed by atoms with Gasteiger partial charge in [-0.1, -0.05) is 17.7 Å². The Morgan fingerprint density at radius 1 is 1.20 bits per heavy atom. The van der Waals surface area contributed by atoms with E-state index < -0.39 is 0 Å². The lowest BCUT2D eigenvalue weighted by Gasteiger charge is -2.21. The molecule has 1 aliphatic carbocycles. The number of benzene rings is 1. The Balaban J connectivity index is 1.83. The predicted molar refractivity (Wildman–Crippen MR) is 84.8 cm³/mol. The molecular formula is C16H18ClNOS. The van der Waals surface area contributed by atoms with Crippen molar-refractivity contribution in [2.75, 3.05) is 0 Å². The molecule has 3 rings (SSSR count). The molecule has 2 atom stereocenters. The van der Waals surface area contributed by atoms with Crippen LogP contribution in [0.15, 0.2) is 30.3 Å². The molecule has 106 valence electrons. The molecule has 0 bridgehead atoms. The molecule has 2 unspecified atom stereocenters. The van der Waals surface area contributed by atoms with Crippen LogP contribution < -0.4 is 10.5 Å². The Hall–Kier alpha value is -1.03. The molecule has 20 heavy (non-hydrogen) atoms. The minimum Gasteiger partial charge on any atom is -0.483 e. The lowest BCUT2D eigenvalue weighted by Crippen LogP contribution is -2.28. The zero-order chi connectivity index (χ0) is 14.1. The van der Waals surface area contributed by atoms with Crippen LogP contribution in [0.25, 0.3) is 0 Å². The van der Waals surface area contributed by atoms with E-state index in [0.717, 1.165) is 21.4 Å². The molecule has 2 nitrogen and oxygen atoms in total. The zero-order valence-electron chi connectivity index (χ0n) is 11.4. The molecule has 1 heterocycles. The first-order valence-electron chi connectivity index (χ1n) is 6.93. The highest BCUT2D eigenvalue weighted by Gasteiger charge is 2.21. The topological polar surface area (TPSA) is 35.2 Å². The summed E-state index contributed by atoms with van der Waals surface area (Å²) >= 11 is 7.54. The van der Waals surface area contributed by atoms with E-state index in [1.165, 1.54) is 35.3 Å². The second kappa shape index (κ2) is 5.76. The molecule has 2 aromatic rings. The van der Waals surface area contributed by atoms with Gasteiger partial charge in [-0.3, -0.25) is 0 Å². The fourth-order valence-electron chi connectivity index (χ4n) is 2.67. The molecule has 1 aromatic carbocycles. The summed E-state index contributed by atoms with van der Waals surface area (Å²) < 4.78 is 6.89. The summed E-state index contributed by atoms with van der Waals surface area (Å²) in [4.78, 5) is 1.07. The maximum atomic E-state index is 6.13. The Morgan fingerprint density at radius 3 is 2.70 bits per heavy atom. The van der Waals surface area contributed by atoms with Gasteiger partial charge in [-0.05, 0) is 61.6 Å². The van der Waals surface area contributed by atoms with E-state index in [-0.39, 0.29) is 12.1 Å². The Kier molecular flexibility index (Phi) is 4.01. The van der Waals surface area contributed by atoms with E-state index in [1.54, 1.807) is 0 Å². The van der Waals surface area contributed by atoms with Gasteiger partial charge in [0.1, 0.15) is 11.9 Å². The summed E-state index contributed by atoms with van der Waals surface area (Å²) in [6, 6.07) is 10.2. The number of rotatable bonds is 4. The number of hydrogen-bond donors (Lipinski definition) is 1. The van der Waals surface area contributed by atoms with Crippen molar-refractivity contribution in [2.24, 2.45) is 5.73 Å². The molecular weight excluding hydrogens is 290 g/mol. The second-order valence-corrected chi connectivity index (χ2v) is 7.07. The van der Waals surface area contributed by atoms with E-state index in [1.807, 2.05) is 19.1 Å². The highest BCUT2D eigenvalue weighted by Crippen LogP contribution is 2.33. The zero-order valence-corrected chi connectivity index (χ0v) is 13.0. The van der Waals surface area contributed by atoms with Crippen LogP contribution in [0.4, 0.5) is 0 Å². The average molecular weight is 308 g/mol. The van der Waals surface area contributed by atoms with E-state index in [2.05, 4.69) is 18.2 Å². The summed E-state index contributed by atoms with van der Waals surface area (Å²) in [5, 5.41) is 0. The van der Waals surface area contributed by atoms with Crippen molar-refractivity contribution in [1.82, 2.24) is 0 Å². The van der Waals surface area contributed by atoms with Crippen molar-refractivity contribution in [3.05, 3.63) is 50.7 Å². The quantitative estimate of drug-likeness (QED) is 0.911. The van der Waals surface area contributed by atoms with Gasteiger partial charge in [-0.15, -0.1) is 11.3 Å². The summed E-state index contributed by atoms with van der Waals surface area (Å²) in [7, 11) is 0. The largest absolute Gasteiger partial charge is 0.483 e. The van der Waals surface area contributed by atoms with Gasteiger partial charge < -0.3 is 10.5 Å². The van der Waals surface area contributed by atoms with Crippen molar-refractivity contribution in [3.8, 4) is 5.75 Å². The second-order valence-electron chi connectivity index (χ2n) is 5.32. The fraction of sp³-hybridized carbons (Fsp3) is 0.375. The van der Waals surface area contributed by atoms with Gasteiger partial charge in [0.15, 0.2) is 0 Å². The molecule has 0 amide bonds. The molecule has 4 heteroatoms. The molecule has 1 aliphatic rings. The Labute approximate surface area is 128 Å². The first kappa shape index (κ1) is 13.9. The van der Waals surface area contributed by atoms with E-state index >= 15 is 0 Å². The smallest absolute Gasteiger partial charge is 0.148 e. The highest BCUT2D eigenvalue weighted by atomic mass is 35.5. The number of aryl methyl sites for hydroxylation is 2. The lowest BCUT2D eigenvalue weighted by atomic mass is 10.1. The maximum absolute atomic E-state index is 6.13. The number of nitrogens with two attached hydrogens (primary N) is 1. The third-order valence-electron chi connectivity index (χ3n) is 3.68. The van der Waals surface area contributed by atoms with Gasteiger partial charge in [0, 0.05) is 10.9 Å². The van der Waals surface area contributed by atoms with E-state index in [0.29, 0.717) is 0 Å². The average Bonchev–Trinajstić information content (AvgIpc) is 3.03. The van der Waals surface area contributed by atoms with Crippen molar-refractivity contribution < 1.29 is 4.74 Å². The number of thiophene rings is 1. The highest BCUT2D eigenvalue weighted by molar-refractivity contribution is 7.16. The standard InChI is InChI=1S/C16H18ClNOS/c1-10(18)16(14-7-8-15(17)20-14)19-13-6-5-11-3-2-4-12(11)9-13/h5-10,16H,2-4,18H2,1H3. The van der Waals surface area contributed by atoms with Gasteiger partial charge in [0.2, 0.25) is 0 Å². The van der Waals surface area contributed by atoms with Crippen LogP contribution in [0.1, 0.15) is 35.5 Å². The van der Waals surface area contributed by atoms with Crippen LogP contribution in [0, 0.1) is 0 Å². The number of halogens is 1. The molecule has 2 N–H and O–H groups in total. The lowest BCUT2D eigenvalue weighted by molar-refractivity contribution is 0.184. The molecule has 0 radical (unpaired) electrons. The van der Waals surface area contributed by atoms with Crippen LogP contribution in [0.3, 0.4) is 0 Å². The summed E-state index contributed by atoms with van der Waals surface area (Å²) in [6.07, 6.45) is 3.44. The van der Waals surface area contributed by atoms with E-state index in [9.17, 15) is 0 Å². The third kappa shape index (κ3) is 2.85. The SMILES string of the molecule is CC(N)C(Oc1ccc2c(c1)CCC2)c1ccc(Cl)s1. The van der Waals surface area contributed by atoms with Crippen LogP contribution in [0.5, 0.6) is 5.75 Å². The summed E-state index contributed by atoms with van der Waals surface area (Å²) in [5.74, 6) is 0.900. The van der Waals surface area contributed by atoms with E-state index in [4.69, 9.17) is 22.1 Å². The van der Waals surface area contributed by atoms with Crippen LogP contribution in [-0.2, 0) is 12.8 Å². The predicted octanol–water partition coefficient (Wildman–Crippen LogP) is 4.36. The van der Waals surface area contributed by atoms with Crippen LogP contribution in [-0.4, -0.2) is 6.04 Å². The maximum Gasteiger partial charge on any atom is 0.148 e. The first-order chi connectivity index (χ1) is 9.63. The third-order valence-corrected chi connectivity index (χ3v) is 4.98. The van der Waals surface area contributed by atoms with Crippen molar-refractivity contribution in [2.45, 2.75) is 38.3 Å². The Bertz CT molecular complexity index is 608. The fourth-order valence-corrected chi connectivity index (χ4v) is 3.88. The number of ether oxygens (including phenoxy) is 1. The van der Waals surface area contributed by atoms with Crippen LogP contribution >= 0.6 is 22.9 Å². The molecule has 1 aromatic heterocycles. The monoisotopic (exact) mass is 307 g/mol. The number of fused-ring (bicyclic) bond motifs is 1.